The summed E-state index contributed by atoms with van der Waals surface area (Å²) in [5.74, 6) is -1.34. The van der Waals surface area contributed by atoms with Gasteiger partial charge >= 0.3 is 5.97 Å². The molecule has 0 atom stereocenters. The first-order valence-electron chi connectivity index (χ1n) is 6.33. The van der Waals surface area contributed by atoms with Crippen LogP contribution in [0.1, 0.15) is 37.0 Å². The number of aliphatic carboxylic acids is 1. The van der Waals surface area contributed by atoms with E-state index in [1.54, 1.807) is 32.0 Å². The van der Waals surface area contributed by atoms with Gasteiger partial charge < -0.3 is 10.4 Å². The maximum absolute atomic E-state index is 12.1. The highest BCUT2D eigenvalue weighted by Gasteiger charge is 2.35. The number of carbonyl (C=O) groups is 2. The Kier molecular flexibility index (Phi) is 5.84. The van der Waals surface area contributed by atoms with Crippen molar-refractivity contribution < 1.29 is 14.7 Å². The van der Waals surface area contributed by atoms with Crippen LogP contribution in [-0.4, -0.2) is 23.5 Å². The van der Waals surface area contributed by atoms with Crippen LogP contribution in [0.25, 0.3) is 0 Å². The van der Waals surface area contributed by atoms with E-state index in [-0.39, 0.29) is 22.2 Å². The van der Waals surface area contributed by atoms with Crippen molar-refractivity contribution in [2.24, 2.45) is 5.41 Å². The van der Waals surface area contributed by atoms with Gasteiger partial charge in [0.05, 0.1) is 21.0 Å². The lowest BCUT2D eigenvalue weighted by Gasteiger charge is -2.26. The second-order valence-electron chi connectivity index (χ2n) is 4.58. The van der Waals surface area contributed by atoms with E-state index in [0.29, 0.717) is 12.8 Å². The number of carboxylic acid groups (broad SMARTS) is 1. The second kappa shape index (κ2) is 6.95. The van der Waals surface area contributed by atoms with E-state index < -0.39 is 17.3 Å². The molecule has 0 bridgehead atoms. The average molecular weight is 318 g/mol. The van der Waals surface area contributed by atoms with E-state index in [9.17, 15) is 14.7 Å². The van der Waals surface area contributed by atoms with Crippen molar-refractivity contribution in [3.63, 3.8) is 0 Å². The fourth-order valence-electron chi connectivity index (χ4n) is 1.90. The minimum atomic E-state index is -0.958. The molecule has 0 saturated carbocycles. The van der Waals surface area contributed by atoms with E-state index in [2.05, 4.69) is 5.32 Å². The van der Waals surface area contributed by atoms with Crippen LogP contribution in [0.3, 0.4) is 0 Å². The van der Waals surface area contributed by atoms with Crippen molar-refractivity contribution in [1.82, 2.24) is 5.32 Å². The highest BCUT2D eigenvalue weighted by atomic mass is 35.5. The Hall–Kier alpha value is -1.26. The van der Waals surface area contributed by atoms with Crippen LogP contribution < -0.4 is 5.32 Å². The number of rotatable bonds is 6. The third kappa shape index (κ3) is 3.44. The Morgan fingerprint density at radius 2 is 1.85 bits per heavy atom. The van der Waals surface area contributed by atoms with Crippen LogP contribution in [0.5, 0.6) is 0 Å². The number of nitrogens with one attached hydrogen (secondary N) is 1. The first-order valence-corrected chi connectivity index (χ1v) is 7.09. The largest absolute Gasteiger partial charge is 0.481 e. The van der Waals surface area contributed by atoms with Crippen LogP contribution in [0.2, 0.25) is 10.0 Å². The van der Waals surface area contributed by atoms with Crippen molar-refractivity contribution >= 4 is 35.1 Å². The van der Waals surface area contributed by atoms with Crippen molar-refractivity contribution in [2.45, 2.75) is 26.7 Å². The molecule has 0 aromatic heterocycles. The maximum atomic E-state index is 12.1. The molecule has 20 heavy (non-hydrogen) atoms. The monoisotopic (exact) mass is 317 g/mol. The minimum Gasteiger partial charge on any atom is -0.481 e. The normalized spacial score (nSPS) is 11.2. The van der Waals surface area contributed by atoms with Crippen LogP contribution in [0.15, 0.2) is 18.2 Å². The first kappa shape index (κ1) is 16.8. The van der Waals surface area contributed by atoms with Crippen molar-refractivity contribution in [1.29, 1.82) is 0 Å². The van der Waals surface area contributed by atoms with Crippen LogP contribution in [0.4, 0.5) is 0 Å². The van der Waals surface area contributed by atoms with Gasteiger partial charge in [0.2, 0.25) is 0 Å². The van der Waals surface area contributed by atoms with Crippen LogP contribution in [0, 0.1) is 5.41 Å². The number of carbonyl (C=O) groups excluding carboxylic acids is 1. The van der Waals surface area contributed by atoms with Crippen molar-refractivity contribution in [2.75, 3.05) is 6.54 Å². The molecule has 6 heteroatoms. The third-order valence-electron chi connectivity index (χ3n) is 3.59. The molecular weight excluding hydrogens is 301 g/mol. The molecule has 1 aromatic rings. The fraction of sp³-hybridized carbons (Fsp3) is 0.429. The molecule has 0 unspecified atom stereocenters. The Morgan fingerprint density at radius 3 is 2.35 bits per heavy atom. The fourth-order valence-corrected chi connectivity index (χ4v) is 2.29. The van der Waals surface area contributed by atoms with Gasteiger partial charge in [0.1, 0.15) is 0 Å². The second-order valence-corrected chi connectivity index (χ2v) is 5.36. The Balaban J connectivity index is 2.86. The van der Waals surface area contributed by atoms with Gasteiger partial charge in [-0.15, -0.1) is 0 Å². The van der Waals surface area contributed by atoms with Crippen molar-refractivity contribution in [3.05, 3.63) is 33.8 Å². The number of benzene rings is 1. The molecule has 4 nitrogen and oxygen atoms in total. The molecule has 1 rings (SSSR count). The number of carboxylic acids is 1. The van der Waals surface area contributed by atoms with Crippen LogP contribution >= 0.6 is 23.2 Å². The summed E-state index contributed by atoms with van der Waals surface area (Å²) in [5, 5.41) is 12.4. The lowest BCUT2D eigenvalue weighted by atomic mass is 9.82. The molecule has 0 saturated heterocycles. The molecule has 0 heterocycles. The van der Waals surface area contributed by atoms with Gasteiger partial charge in [0.25, 0.3) is 5.91 Å². The van der Waals surface area contributed by atoms with E-state index in [4.69, 9.17) is 23.2 Å². The predicted molar refractivity (Wildman–Crippen MR) is 79.4 cm³/mol. The smallest absolute Gasteiger partial charge is 0.311 e. The van der Waals surface area contributed by atoms with E-state index in [1.807, 2.05) is 0 Å². The molecule has 0 aliphatic rings. The summed E-state index contributed by atoms with van der Waals surface area (Å²) >= 11 is 11.8. The van der Waals surface area contributed by atoms with E-state index >= 15 is 0 Å². The SMILES string of the molecule is CCC(CC)(CNC(=O)c1cccc(Cl)c1Cl)C(=O)O. The molecular formula is C14H17Cl2NO3. The van der Waals surface area contributed by atoms with Gasteiger partial charge in [-0.25, -0.2) is 0 Å². The quantitative estimate of drug-likeness (QED) is 0.842. The number of hydrogen-bond acceptors (Lipinski definition) is 2. The molecule has 110 valence electrons. The standard InChI is InChI=1S/C14H17Cl2NO3/c1-3-14(4-2,13(19)20)8-17-12(18)9-6-5-7-10(15)11(9)16/h5-7H,3-4,8H2,1-2H3,(H,17,18)(H,19,20). The molecule has 1 aromatic carbocycles. The Morgan fingerprint density at radius 1 is 1.25 bits per heavy atom. The lowest BCUT2D eigenvalue weighted by molar-refractivity contribution is -0.149. The number of hydrogen-bond donors (Lipinski definition) is 2. The summed E-state index contributed by atoms with van der Waals surface area (Å²) in [6.07, 6.45) is 0.866. The molecule has 0 fully saturated rings. The predicted octanol–water partition coefficient (Wildman–Crippen LogP) is 3.61. The highest BCUT2D eigenvalue weighted by Crippen LogP contribution is 2.27. The zero-order valence-corrected chi connectivity index (χ0v) is 12.9. The van der Waals surface area contributed by atoms with E-state index in [1.165, 1.54) is 0 Å². The summed E-state index contributed by atoms with van der Waals surface area (Å²) in [6.45, 7) is 3.63. The summed E-state index contributed by atoms with van der Waals surface area (Å²) in [6, 6.07) is 4.75. The first-order chi connectivity index (χ1) is 9.38. The Bertz CT molecular complexity index is 513. The van der Waals surface area contributed by atoms with Gasteiger partial charge in [-0.1, -0.05) is 43.1 Å². The summed E-state index contributed by atoms with van der Waals surface area (Å²) in [7, 11) is 0. The summed E-state index contributed by atoms with van der Waals surface area (Å²) in [4.78, 5) is 23.4. The van der Waals surface area contributed by atoms with Crippen LogP contribution in [-0.2, 0) is 4.79 Å². The zero-order chi connectivity index (χ0) is 15.3. The van der Waals surface area contributed by atoms with Gasteiger partial charge in [0, 0.05) is 6.54 Å². The molecule has 0 spiro atoms. The van der Waals surface area contributed by atoms with Gasteiger partial charge in [-0.05, 0) is 25.0 Å². The highest BCUT2D eigenvalue weighted by molar-refractivity contribution is 6.43. The van der Waals surface area contributed by atoms with E-state index in [0.717, 1.165) is 0 Å². The third-order valence-corrected chi connectivity index (χ3v) is 4.41. The minimum absolute atomic E-state index is 0.0526. The van der Waals surface area contributed by atoms with Gasteiger partial charge in [0.15, 0.2) is 0 Å². The summed E-state index contributed by atoms with van der Waals surface area (Å²) in [5.41, 5.74) is -0.716. The molecule has 2 N–H and O–H groups in total. The summed E-state index contributed by atoms with van der Waals surface area (Å²) < 4.78 is 0. The number of amides is 1. The molecule has 0 aliphatic carbocycles. The molecule has 1 amide bonds. The molecule has 0 aliphatic heterocycles. The number of halogens is 2. The zero-order valence-electron chi connectivity index (χ0n) is 11.4. The lowest BCUT2D eigenvalue weighted by Crippen LogP contribution is -2.42. The Labute approximate surface area is 128 Å². The van der Waals surface area contributed by atoms with Gasteiger partial charge in [-0.3, -0.25) is 9.59 Å². The molecule has 0 radical (unpaired) electrons. The van der Waals surface area contributed by atoms with Gasteiger partial charge in [-0.2, -0.15) is 0 Å². The average Bonchev–Trinajstić information content (AvgIpc) is 2.43. The topological polar surface area (TPSA) is 66.4 Å². The van der Waals surface area contributed by atoms with Crippen molar-refractivity contribution in [3.8, 4) is 0 Å². The maximum Gasteiger partial charge on any atom is 0.311 e.